The number of benzene rings is 1. The normalized spacial score (nSPS) is 19.8. The summed E-state index contributed by atoms with van der Waals surface area (Å²) in [5.41, 5.74) is -2.06. The number of nitriles is 1. The van der Waals surface area contributed by atoms with Crippen molar-refractivity contribution in [1.82, 2.24) is 4.90 Å². The van der Waals surface area contributed by atoms with Crippen LogP contribution in [-0.2, 0) is 11.0 Å². The third kappa shape index (κ3) is 4.21. The minimum Gasteiger partial charge on any atom is -0.480 e. The van der Waals surface area contributed by atoms with Gasteiger partial charge in [-0.25, -0.2) is 0 Å². The molecule has 1 aromatic carbocycles. The van der Waals surface area contributed by atoms with Gasteiger partial charge in [0.25, 0.3) is 5.91 Å². The van der Waals surface area contributed by atoms with Crippen LogP contribution in [0, 0.1) is 16.7 Å². The van der Waals surface area contributed by atoms with Crippen LogP contribution in [0.1, 0.15) is 25.0 Å². The molecule has 1 heterocycles. The average Bonchev–Trinajstić information content (AvgIpc) is 2.75. The highest BCUT2D eigenvalue weighted by Crippen LogP contribution is 2.37. The molecule has 1 amide bonds. The number of carbonyl (C=O) groups is 1. The van der Waals surface area contributed by atoms with Gasteiger partial charge in [0, 0.05) is 24.3 Å². The number of amides is 1. The molecule has 0 N–H and O–H groups in total. The fourth-order valence-corrected chi connectivity index (χ4v) is 3.22. The maximum atomic E-state index is 13.1. The molecule has 25 heavy (non-hydrogen) atoms. The van der Waals surface area contributed by atoms with E-state index < -0.39 is 28.8 Å². The maximum Gasteiger partial charge on any atom is 0.417 e. The van der Waals surface area contributed by atoms with Crippen LogP contribution in [0.15, 0.2) is 18.2 Å². The monoisotopic (exact) mass is 372 g/mol. The topological polar surface area (TPSA) is 53.3 Å². The van der Waals surface area contributed by atoms with Gasteiger partial charge in [-0.05, 0) is 24.5 Å². The van der Waals surface area contributed by atoms with Gasteiger partial charge in [-0.2, -0.15) is 30.2 Å². The highest BCUT2D eigenvalue weighted by atomic mass is 32.2. The maximum absolute atomic E-state index is 13.1. The number of thioether (sulfide) groups is 1. The molecule has 4 nitrogen and oxygen atoms in total. The molecule has 0 radical (unpaired) electrons. The number of alkyl halides is 3. The minimum absolute atomic E-state index is 0.0653. The summed E-state index contributed by atoms with van der Waals surface area (Å²) < 4.78 is 44.9. The second kappa shape index (κ2) is 7.16. The van der Waals surface area contributed by atoms with Gasteiger partial charge in [0.1, 0.15) is 5.75 Å². The van der Waals surface area contributed by atoms with Crippen molar-refractivity contribution < 1.29 is 22.7 Å². The molecular weight excluding hydrogens is 353 g/mol. The number of hydrogen-bond acceptors (Lipinski definition) is 4. The minimum atomic E-state index is -4.66. The van der Waals surface area contributed by atoms with Crippen molar-refractivity contribution in [2.24, 2.45) is 5.41 Å². The van der Waals surface area contributed by atoms with E-state index in [1.54, 1.807) is 16.7 Å². The Kier molecular flexibility index (Phi) is 5.57. The number of nitrogens with zero attached hydrogens (tertiary/aromatic N) is 2. The van der Waals surface area contributed by atoms with E-state index in [0.29, 0.717) is 13.1 Å². The van der Waals surface area contributed by atoms with E-state index in [9.17, 15) is 18.0 Å². The molecule has 136 valence electrons. The van der Waals surface area contributed by atoms with Crippen LogP contribution in [0.2, 0.25) is 0 Å². The van der Waals surface area contributed by atoms with Gasteiger partial charge in [-0.1, -0.05) is 13.8 Å². The third-order valence-corrected chi connectivity index (χ3v) is 4.67. The zero-order valence-electron chi connectivity index (χ0n) is 14.2. The van der Waals surface area contributed by atoms with Gasteiger partial charge in [0.05, 0.1) is 17.2 Å². The van der Waals surface area contributed by atoms with E-state index in [-0.39, 0.29) is 11.7 Å². The summed E-state index contributed by atoms with van der Waals surface area (Å²) >= 11 is 1.61. The Labute approximate surface area is 148 Å². The molecule has 1 aromatic rings. The van der Waals surface area contributed by atoms with Crippen molar-refractivity contribution >= 4 is 17.7 Å². The lowest BCUT2D eigenvalue weighted by Crippen LogP contribution is -2.37. The van der Waals surface area contributed by atoms with Crippen LogP contribution < -0.4 is 4.74 Å². The lowest BCUT2D eigenvalue weighted by Gasteiger charge is -2.24. The Morgan fingerprint density at radius 1 is 1.44 bits per heavy atom. The summed E-state index contributed by atoms with van der Waals surface area (Å²) in [6, 6.07) is 4.67. The second-order valence-electron chi connectivity index (χ2n) is 6.56. The summed E-state index contributed by atoms with van der Waals surface area (Å²) in [6.07, 6.45) is -3.58. The van der Waals surface area contributed by atoms with Gasteiger partial charge in [-0.15, -0.1) is 0 Å². The molecule has 0 aromatic heterocycles. The van der Waals surface area contributed by atoms with Crippen molar-refractivity contribution in [3.63, 3.8) is 0 Å². The van der Waals surface area contributed by atoms with Crippen molar-refractivity contribution in [3.05, 3.63) is 29.3 Å². The van der Waals surface area contributed by atoms with Crippen LogP contribution in [0.3, 0.4) is 0 Å². The first kappa shape index (κ1) is 19.4. The molecular formula is C17H19F3N2O2S. The van der Waals surface area contributed by atoms with Crippen LogP contribution in [-0.4, -0.2) is 42.0 Å². The van der Waals surface area contributed by atoms with Gasteiger partial charge in [-0.3, -0.25) is 4.79 Å². The van der Waals surface area contributed by atoms with E-state index in [1.807, 2.05) is 20.1 Å². The highest BCUT2D eigenvalue weighted by molar-refractivity contribution is 7.98. The summed E-state index contributed by atoms with van der Waals surface area (Å²) in [6.45, 7) is 4.76. The molecule has 1 fully saturated rings. The second-order valence-corrected chi connectivity index (χ2v) is 7.54. The molecule has 0 aliphatic carbocycles. The quantitative estimate of drug-likeness (QED) is 0.793. The molecule has 1 saturated heterocycles. The molecule has 1 atom stereocenters. The van der Waals surface area contributed by atoms with Crippen molar-refractivity contribution in [1.29, 1.82) is 5.26 Å². The Balaban J connectivity index is 2.27. The lowest BCUT2D eigenvalue weighted by atomic mass is 9.89. The zero-order valence-corrected chi connectivity index (χ0v) is 15.0. The number of ether oxygens (including phenoxy) is 1. The number of halogens is 3. The molecule has 2 rings (SSSR count). The van der Waals surface area contributed by atoms with E-state index in [2.05, 4.69) is 0 Å². The fourth-order valence-electron chi connectivity index (χ4n) is 2.82. The van der Waals surface area contributed by atoms with Gasteiger partial charge in [0.2, 0.25) is 0 Å². The molecule has 1 aliphatic rings. The molecule has 0 saturated carbocycles. The van der Waals surface area contributed by atoms with Gasteiger partial charge < -0.3 is 9.64 Å². The van der Waals surface area contributed by atoms with Gasteiger partial charge in [0.15, 0.2) is 6.10 Å². The Bertz CT molecular complexity index is 698. The van der Waals surface area contributed by atoms with Gasteiger partial charge >= 0.3 is 6.18 Å². The third-order valence-electron chi connectivity index (χ3n) is 4.08. The molecule has 1 aliphatic heterocycles. The van der Waals surface area contributed by atoms with Crippen LogP contribution >= 0.6 is 11.8 Å². The first-order valence-corrected chi connectivity index (χ1v) is 9.05. The number of likely N-dealkylation sites (tertiary alicyclic amines) is 1. The van der Waals surface area contributed by atoms with Crippen LogP contribution in [0.5, 0.6) is 5.75 Å². The largest absolute Gasteiger partial charge is 0.480 e. The predicted molar refractivity (Wildman–Crippen MR) is 89.3 cm³/mol. The predicted octanol–water partition coefficient (Wildman–Crippen LogP) is 3.56. The summed E-state index contributed by atoms with van der Waals surface area (Å²) in [5.74, 6) is 0.491. The van der Waals surface area contributed by atoms with Crippen molar-refractivity contribution in [2.45, 2.75) is 26.1 Å². The summed E-state index contributed by atoms with van der Waals surface area (Å²) in [7, 11) is 0. The first-order valence-electron chi connectivity index (χ1n) is 7.66. The fraction of sp³-hybridized carbons (Fsp3) is 0.529. The standard InChI is InChI=1S/C17H19F3N2O2S/c1-16(2)10-22(6-7-25-3)15(23)14(16)24-12-5-4-11(9-21)13(8-12)17(18,19)20/h4-5,8,14H,6-7,10H2,1-3H3. The molecule has 8 heteroatoms. The van der Waals surface area contributed by atoms with E-state index in [4.69, 9.17) is 10.00 Å². The van der Waals surface area contributed by atoms with Crippen LogP contribution in [0.25, 0.3) is 0 Å². The SMILES string of the molecule is CSCCN1CC(C)(C)C(Oc2ccc(C#N)c(C(F)(F)F)c2)C1=O. The number of rotatable bonds is 5. The summed E-state index contributed by atoms with van der Waals surface area (Å²) in [5, 5.41) is 8.85. The number of carbonyl (C=O) groups excluding carboxylic acids is 1. The number of hydrogen-bond donors (Lipinski definition) is 0. The van der Waals surface area contributed by atoms with Crippen molar-refractivity contribution in [3.8, 4) is 11.8 Å². The Hall–Kier alpha value is -1.88. The molecule has 1 unspecified atom stereocenters. The highest BCUT2D eigenvalue weighted by Gasteiger charge is 2.48. The van der Waals surface area contributed by atoms with Crippen LogP contribution in [0.4, 0.5) is 13.2 Å². The molecule has 0 bridgehead atoms. The first-order chi connectivity index (χ1) is 11.6. The van der Waals surface area contributed by atoms with E-state index in [0.717, 1.165) is 17.9 Å². The lowest BCUT2D eigenvalue weighted by molar-refractivity contribution is -0.138. The van der Waals surface area contributed by atoms with E-state index >= 15 is 0 Å². The molecule has 0 spiro atoms. The Morgan fingerprint density at radius 2 is 2.12 bits per heavy atom. The average molecular weight is 372 g/mol. The summed E-state index contributed by atoms with van der Waals surface area (Å²) in [4.78, 5) is 14.2. The smallest absolute Gasteiger partial charge is 0.417 e. The Morgan fingerprint density at radius 3 is 2.68 bits per heavy atom. The zero-order chi connectivity index (χ0) is 18.8. The van der Waals surface area contributed by atoms with Crippen molar-refractivity contribution in [2.75, 3.05) is 25.1 Å². The van der Waals surface area contributed by atoms with E-state index in [1.165, 1.54) is 12.1 Å².